The maximum absolute atomic E-state index is 7.94. The van der Waals surface area contributed by atoms with Gasteiger partial charge in [0.1, 0.15) is 4.34 Å². The molecule has 0 aliphatic heterocycles. The Balaban J connectivity index is 2.66. The second-order valence-electron chi connectivity index (χ2n) is 1.80. The van der Waals surface area contributed by atoms with Crippen LogP contribution in [0.15, 0.2) is 16.6 Å². The van der Waals surface area contributed by atoms with E-state index < -0.39 is 0 Å². The maximum atomic E-state index is 7.94. The molecule has 1 aromatic rings. The summed E-state index contributed by atoms with van der Waals surface area (Å²) in [7, 11) is 0. The van der Waals surface area contributed by atoms with E-state index in [4.69, 9.17) is 17.1 Å². The van der Waals surface area contributed by atoms with Gasteiger partial charge in [0.25, 0.3) is 0 Å². The summed E-state index contributed by atoms with van der Waals surface area (Å²) in [5.74, 6) is 5.47. The highest BCUT2D eigenvalue weighted by Gasteiger charge is 1.94. The van der Waals surface area contributed by atoms with Gasteiger partial charge in [-0.15, -0.1) is 11.3 Å². The van der Waals surface area contributed by atoms with Gasteiger partial charge in [-0.25, -0.2) is 0 Å². The fourth-order valence-corrected chi connectivity index (χ4v) is 1.42. The van der Waals surface area contributed by atoms with Crippen LogP contribution in [-0.4, -0.2) is 6.54 Å². The first kappa shape index (κ1) is 8.95. The zero-order valence-corrected chi connectivity index (χ0v) is 7.56. The molecule has 0 amide bonds. The first-order valence-corrected chi connectivity index (χ1v) is 4.33. The summed E-state index contributed by atoms with van der Waals surface area (Å²) in [6, 6.07) is 1.83. The van der Waals surface area contributed by atoms with Crippen LogP contribution < -0.4 is 0 Å². The SMILES string of the molecule is [N-]=[N+]=NCC#Cc1ccsc1Cl. The molecule has 1 heterocycles. The zero-order chi connectivity index (χ0) is 8.81. The summed E-state index contributed by atoms with van der Waals surface area (Å²) in [5.41, 5.74) is 8.73. The van der Waals surface area contributed by atoms with E-state index in [1.807, 2.05) is 11.4 Å². The first-order valence-electron chi connectivity index (χ1n) is 3.07. The van der Waals surface area contributed by atoms with E-state index in [2.05, 4.69) is 21.9 Å². The minimum atomic E-state index is 0.183. The Morgan fingerprint density at radius 1 is 1.75 bits per heavy atom. The predicted molar refractivity (Wildman–Crippen MR) is 50.2 cm³/mol. The lowest BCUT2D eigenvalue weighted by molar-refractivity contribution is 1.25. The van der Waals surface area contributed by atoms with Crippen molar-refractivity contribution in [1.29, 1.82) is 0 Å². The Kier molecular flexibility index (Phi) is 3.49. The molecule has 0 saturated heterocycles. The van der Waals surface area contributed by atoms with Crippen molar-refractivity contribution >= 4 is 22.9 Å². The summed E-state index contributed by atoms with van der Waals surface area (Å²) in [6.45, 7) is 0.183. The minimum Gasteiger partial charge on any atom is -0.131 e. The topological polar surface area (TPSA) is 48.8 Å². The van der Waals surface area contributed by atoms with Crippen LogP contribution in [-0.2, 0) is 0 Å². The van der Waals surface area contributed by atoms with Crippen LogP contribution in [0.2, 0.25) is 4.34 Å². The van der Waals surface area contributed by atoms with Crippen molar-refractivity contribution in [3.8, 4) is 11.8 Å². The quantitative estimate of drug-likeness (QED) is 0.288. The van der Waals surface area contributed by atoms with Gasteiger partial charge in [0.05, 0.1) is 12.1 Å². The number of thiophene rings is 1. The van der Waals surface area contributed by atoms with Crippen molar-refractivity contribution < 1.29 is 0 Å². The lowest BCUT2D eigenvalue weighted by atomic mass is 10.3. The number of rotatable bonds is 1. The Labute approximate surface area is 78.6 Å². The third-order valence-electron chi connectivity index (χ3n) is 1.05. The van der Waals surface area contributed by atoms with E-state index in [1.54, 1.807) is 0 Å². The average Bonchev–Trinajstić information content (AvgIpc) is 2.46. The molecule has 5 heteroatoms. The molecule has 0 N–H and O–H groups in total. The standard InChI is InChI=1S/C7H4ClN3S/c8-7-6(3-5-12-7)2-1-4-10-11-9/h3,5H,4H2. The van der Waals surface area contributed by atoms with Crippen LogP contribution in [0.1, 0.15) is 5.56 Å². The predicted octanol–water partition coefficient (Wildman–Crippen LogP) is 3.06. The lowest BCUT2D eigenvalue weighted by Crippen LogP contribution is -1.70. The molecule has 0 unspecified atom stereocenters. The summed E-state index contributed by atoms with van der Waals surface area (Å²) in [6.07, 6.45) is 0. The summed E-state index contributed by atoms with van der Waals surface area (Å²) in [4.78, 5) is 2.57. The number of hydrogen-bond donors (Lipinski definition) is 0. The number of azide groups is 1. The number of hydrogen-bond acceptors (Lipinski definition) is 2. The Bertz CT molecular complexity index is 367. The molecule has 1 rings (SSSR count). The van der Waals surface area contributed by atoms with Crippen molar-refractivity contribution in [2.24, 2.45) is 5.11 Å². The van der Waals surface area contributed by atoms with E-state index in [0.717, 1.165) is 5.56 Å². The van der Waals surface area contributed by atoms with Gasteiger partial charge in [-0.3, -0.25) is 0 Å². The van der Waals surface area contributed by atoms with Crippen molar-refractivity contribution in [2.75, 3.05) is 6.54 Å². The molecule has 0 spiro atoms. The Morgan fingerprint density at radius 3 is 3.17 bits per heavy atom. The molecule has 0 atom stereocenters. The Morgan fingerprint density at radius 2 is 2.58 bits per heavy atom. The van der Waals surface area contributed by atoms with Crippen LogP contribution in [0.3, 0.4) is 0 Å². The highest BCUT2D eigenvalue weighted by molar-refractivity contribution is 7.14. The van der Waals surface area contributed by atoms with Crippen LogP contribution in [0.25, 0.3) is 10.4 Å². The molecule has 0 aliphatic rings. The minimum absolute atomic E-state index is 0.183. The molecular formula is C7H4ClN3S. The highest BCUT2D eigenvalue weighted by Crippen LogP contribution is 2.21. The summed E-state index contributed by atoms with van der Waals surface area (Å²) >= 11 is 7.19. The Hall–Kier alpha value is -1.14. The van der Waals surface area contributed by atoms with Crippen LogP contribution in [0, 0.1) is 11.8 Å². The molecule has 12 heavy (non-hydrogen) atoms. The molecule has 0 fully saturated rings. The fraction of sp³-hybridized carbons (Fsp3) is 0.143. The second-order valence-corrected chi connectivity index (χ2v) is 3.32. The monoisotopic (exact) mass is 197 g/mol. The van der Waals surface area contributed by atoms with Gasteiger partial charge in [0, 0.05) is 4.91 Å². The van der Waals surface area contributed by atoms with Crippen LogP contribution in [0.5, 0.6) is 0 Å². The molecule has 0 bridgehead atoms. The van der Waals surface area contributed by atoms with Gasteiger partial charge in [-0.2, -0.15) is 0 Å². The van der Waals surface area contributed by atoms with Gasteiger partial charge in [0.2, 0.25) is 0 Å². The van der Waals surface area contributed by atoms with E-state index in [9.17, 15) is 0 Å². The largest absolute Gasteiger partial charge is 0.131 e. The molecule has 3 nitrogen and oxygen atoms in total. The van der Waals surface area contributed by atoms with Gasteiger partial charge >= 0.3 is 0 Å². The molecule has 60 valence electrons. The average molecular weight is 198 g/mol. The number of nitrogens with zero attached hydrogens (tertiary/aromatic N) is 3. The van der Waals surface area contributed by atoms with Gasteiger partial charge in [0.15, 0.2) is 0 Å². The van der Waals surface area contributed by atoms with Crippen molar-refractivity contribution in [1.82, 2.24) is 0 Å². The van der Waals surface area contributed by atoms with Gasteiger partial charge < -0.3 is 0 Å². The van der Waals surface area contributed by atoms with E-state index >= 15 is 0 Å². The van der Waals surface area contributed by atoms with Crippen molar-refractivity contribution in [2.45, 2.75) is 0 Å². The van der Waals surface area contributed by atoms with E-state index in [-0.39, 0.29) is 6.54 Å². The lowest BCUT2D eigenvalue weighted by Gasteiger charge is -1.79. The van der Waals surface area contributed by atoms with Crippen LogP contribution >= 0.6 is 22.9 Å². The molecule has 0 saturated carbocycles. The highest BCUT2D eigenvalue weighted by atomic mass is 35.5. The molecule has 0 radical (unpaired) electrons. The second kappa shape index (κ2) is 4.68. The van der Waals surface area contributed by atoms with Gasteiger partial charge in [-0.05, 0) is 17.0 Å². The third-order valence-corrected chi connectivity index (χ3v) is 2.22. The molecule has 0 aromatic carbocycles. The van der Waals surface area contributed by atoms with Crippen LogP contribution in [0.4, 0.5) is 0 Å². The molecular weight excluding hydrogens is 194 g/mol. The third kappa shape index (κ3) is 2.48. The van der Waals surface area contributed by atoms with Gasteiger partial charge in [-0.1, -0.05) is 28.6 Å². The van der Waals surface area contributed by atoms with E-state index in [1.165, 1.54) is 11.3 Å². The zero-order valence-electron chi connectivity index (χ0n) is 5.99. The first-order chi connectivity index (χ1) is 5.84. The number of halogens is 1. The van der Waals surface area contributed by atoms with Crippen molar-refractivity contribution in [3.05, 3.63) is 31.8 Å². The normalized spacial score (nSPS) is 8.08. The summed E-state index contributed by atoms with van der Waals surface area (Å²) < 4.78 is 0.670. The smallest absolute Gasteiger partial charge is 0.108 e. The fourth-order valence-electron chi connectivity index (χ4n) is 0.583. The van der Waals surface area contributed by atoms with E-state index in [0.29, 0.717) is 4.34 Å². The maximum Gasteiger partial charge on any atom is 0.108 e. The summed E-state index contributed by atoms with van der Waals surface area (Å²) in [5, 5.41) is 5.13. The van der Waals surface area contributed by atoms with Crippen molar-refractivity contribution in [3.63, 3.8) is 0 Å². The molecule has 1 aromatic heterocycles. The molecule has 0 aliphatic carbocycles.